The Morgan fingerprint density at radius 1 is 1.08 bits per heavy atom. The van der Waals surface area contributed by atoms with Crippen molar-refractivity contribution in [3.63, 3.8) is 0 Å². The summed E-state index contributed by atoms with van der Waals surface area (Å²) in [5, 5.41) is 0.959. The van der Waals surface area contributed by atoms with E-state index in [1.54, 1.807) is 12.3 Å². The molecule has 0 amide bonds. The molecule has 1 heterocycles. The second-order valence-corrected chi connectivity index (χ2v) is 7.02. The SMILES string of the molecule is O=S(=O)(NCC#CCOc1cccc2cccnc12)c1cccc(F)c1. The lowest BCUT2D eigenvalue weighted by molar-refractivity contribution is 0.374. The number of nitrogens with one attached hydrogen (secondary N) is 1. The van der Waals surface area contributed by atoms with Crippen LogP contribution in [0.5, 0.6) is 5.75 Å². The molecule has 5 nitrogen and oxygen atoms in total. The van der Waals surface area contributed by atoms with E-state index >= 15 is 0 Å². The second-order valence-electron chi connectivity index (χ2n) is 5.26. The maximum atomic E-state index is 13.1. The van der Waals surface area contributed by atoms with Crippen LogP contribution < -0.4 is 9.46 Å². The normalized spacial score (nSPS) is 11.0. The molecule has 3 aromatic rings. The Kier molecular flexibility index (Phi) is 5.46. The van der Waals surface area contributed by atoms with Gasteiger partial charge < -0.3 is 4.74 Å². The highest BCUT2D eigenvalue weighted by atomic mass is 32.2. The summed E-state index contributed by atoms with van der Waals surface area (Å²) in [5.41, 5.74) is 0.739. The topological polar surface area (TPSA) is 68.3 Å². The molecule has 0 aliphatic heterocycles. The van der Waals surface area contributed by atoms with Crippen molar-refractivity contribution in [2.75, 3.05) is 13.2 Å². The number of nitrogens with zero attached hydrogens (tertiary/aromatic N) is 1. The number of hydrogen-bond donors (Lipinski definition) is 1. The van der Waals surface area contributed by atoms with Gasteiger partial charge in [0.15, 0.2) is 0 Å². The third-order valence-corrected chi connectivity index (χ3v) is 4.88. The summed E-state index contributed by atoms with van der Waals surface area (Å²) < 4.78 is 45.0. The highest BCUT2D eigenvalue weighted by molar-refractivity contribution is 7.89. The molecule has 0 atom stereocenters. The van der Waals surface area contributed by atoms with Crippen LogP contribution in [-0.2, 0) is 10.0 Å². The highest BCUT2D eigenvalue weighted by Gasteiger charge is 2.12. The van der Waals surface area contributed by atoms with E-state index in [9.17, 15) is 12.8 Å². The number of hydrogen-bond acceptors (Lipinski definition) is 4. The van der Waals surface area contributed by atoms with Gasteiger partial charge >= 0.3 is 0 Å². The fraction of sp³-hybridized carbons (Fsp3) is 0.105. The van der Waals surface area contributed by atoms with Gasteiger partial charge in [0.1, 0.15) is 23.7 Å². The molecule has 0 aliphatic rings. The molecule has 0 unspecified atom stereocenters. The van der Waals surface area contributed by atoms with E-state index in [0.717, 1.165) is 17.0 Å². The Bertz CT molecular complexity index is 1080. The molecule has 1 N–H and O–H groups in total. The van der Waals surface area contributed by atoms with Gasteiger partial charge in [0.25, 0.3) is 0 Å². The van der Waals surface area contributed by atoms with E-state index in [2.05, 4.69) is 21.5 Å². The molecule has 0 fully saturated rings. The molecule has 132 valence electrons. The van der Waals surface area contributed by atoms with E-state index in [-0.39, 0.29) is 18.0 Å². The highest BCUT2D eigenvalue weighted by Crippen LogP contribution is 2.22. The van der Waals surface area contributed by atoms with Crippen LogP contribution in [0.25, 0.3) is 10.9 Å². The van der Waals surface area contributed by atoms with Gasteiger partial charge in [-0.25, -0.2) is 12.8 Å². The standard InChI is InChI=1S/C19H15FN2O3S/c20-16-8-4-9-17(14-16)26(23,24)22-12-1-2-13-25-18-10-3-6-15-7-5-11-21-19(15)18/h3-11,14,22H,12-13H2. The second kappa shape index (κ2) is 7.95. The number of rotatable bonds is 5. The average Bonchev–Trinajstić information content (AvgIpc) is 2.64. The Hall–Kier alpha value is -2.95. The summed E-state index contributed by atoms with van der Waals surface area (Å²) in [6, 6.07) is 14.1. The van der Waals surface area contributed by atoms with Crippen LogP contribution in [0.1, 0.15) is 0 Å². The average molecular weight is 370 g/mol. The zero-order valence-corrected chi connectivity index (χ0v) is 14.5. The summed E-state index contributed by atoms with van der Waals surface area (Å²) in [5.74, 6) is 5.39. The van der Waals surface area contributed by atoms with Crippen LogP contribution in [0.4, 0.5) is 4.39 Å². The maximum absolute atomic E-state index is 13.1. The molecule has 0 saturated carbocycles. The Labute approximate surface area is 150 Å². The number of aromatic nitrogens is 1. The molecular formula is C19H15FN2O3S. The van der Waals surface area contributed by atoms with E-state index in [1.165, 1.54) is 18.2 Å². The van der Waals surface area contributed by atoms with Gasteiger partial charge in [-0.2, -0.15) is 4.72 Å². The number of ether oxygens (including phenoxy) is 1. The van der Waals surface area contributed by atoms with Gasteiger partial charge in [-0.15, -0.1) is 0 Å². The molecule has 0 saturated heterocycles. The van der Waals surface area contributed by atoms with E-state index in [0.29, 0.717) is 5.75 Å². The monoisotopic (exact) mass is 370 g/mol. The van der Waals surface area contributed by atoms with E-state index < -0.39 is 15.8 Å². The summed E-state index contributed by atoms with van der Waals surface area (Å²) in [6.07, 6.45) is 1.68. The van der Waals surface area contributed by atoms with Gasteiger partial charge in [0, 0.05) is 11.6 Å². The maximum Gasteiger partial charge on any atom is 0.241 e. The first-order chi connectivity index (χ1) is 12.6. The lowest BCUT2D eigenvalue weighted by atomic mass is 10.2. The number of para-hydroxylation sites is 1. The number of fused-ring (bicyclic) bond motifs is 1. The molecule has 2 aromatic carbocycles. The smallest absolute Gasteiger partial charge is 0.241 e. The van der Waals surface area contributed by atoms with Crippen molar-refractivity contribution in [1.82, 2.24) is 9.71 Å². The van der Waals surface area contributed by atoms with Gasteiger partial charge in [0.05, 0.1) is 11.4 Å². The van der Waals surface area contributed by atoms with Crippen LogP contribution in [0.15, 0.2) is 65.7 Å². The predicted octanol–water partition coefficient (Wildman–Crippen LogP) is 2.73. The van der Waals surface area contributed by atoms with E-state index in [4.69, 9.17) is 4.74 Å². The minimum Gasteiger partial charge on any atom is -0.479 e. The zero-order chi connectivity index (χ0) is 18.4. The molecule has 0 aliphatic carbocycles. The molecule has 0 spiro atoms. The molecule has 0 radical (unpaired) electrons. The third-order valence-electron chi connectivity index (χ3n) is 3.48. The molecule has 1 aromatic heterocycles. The molecule has 3 rings (SSSR count). The summed E-state index contributed by atoms with van der Waals surface area (Å²) >= 11 is 0. The lowest BCUT2D eigenvalue weighted by Gasteiger charge is -2.05. The van der Waals surface area contributed by atoms with Crippen LogP contribution in [0.3, 0.4) is 0 Å². The zero-order valence-electron chi connectivity index (χ0n) is 13.6. The fourth-order valence-electron chi connectivity index (χ4n) is 2.27. The summed E-state index contributed by atoms with van der Waals surface area (Å²) in [6.45, 7) is -0.00657. The van der Waals surface area contributed by atoms with Gasteiger partial charge in [-0.3, -0.25) is 4.98 Å². The van der Waals surface area contributed by atoms with Crippen molar-refractivity contribution in [3.05, 3.63) is 66.6 Å². The van der Waals surface area contributed by atoms with Crippen molar-refractivity contribution in [1.29, 1.82) is 0 Å². The number of benzene rings is 2. The van der Waals surface area contributed by atoms with Crippen LogP contribution in [0.2, 0.25) is 0 Å². The number of halogens is 1. The number of pyridine rings is 1. The first kappa shape index (κ1) is 17.9. The number of sulfonamides is 1. The quantitative estimate of drug-likeness (QED) is 0.701. The Morgan fingerprint density at radius 3 is 2.73 bits per heavy atom. The van der Waals surface area contributed by atoms with Gasteiger partial charge in [-0.05, 0) is 30.3 Å². The minimum absolute atomic E-state index is 0.0946. The van der Waals surface area contributed by atoms with Crippen molar-refractivity contribution in [2.45, 2.75) is 4.90 Å². The fourth-order valence-corrected chi connectivity index (χ4v) is 3.22. The third kappa shape index (κ3) is 4.36. The lowest BCUT2D eigenvalue weighted by Crippen LogP contribution is -2.24. The van der Waals surface area contributed by atoms with Gasteiger partial charge in [-0.1, -0.05) is 36.1 Å². The van der Waals surface area contributed by atoms with Crippen molar-refractivity contribution < 1.29 is 17.5 Å². The van der Waals surface area contributed by atoms with Crippen LogP contribution in [0, 0.1) is 17.7 Å². The van der Waals surface area contributed by atoms with Crippen molar-refractivity contribution in [3.8, 4) is 17.6 Å². The van der Waals surface area contributed by atoms with Crippen LogP contribution >= 0.6 is 0 Å². The molecule has 7 heteroatoms. The predicted molar refractivity (Wildman–Crippen MR) is 96.6 cm³/mol. The molecule has 0 bridgehead atoms. The van der Waals surface area contributed by atoms with E-state index in [1.807, 2.05) is 24.3 Å². The largest absolute Gasteiger partial charge is 0.479 e. The molecule has 26 heavy (non-hydrogen) atoms. The first-order valence-corrected chi connectivity index (χ1v) is 9.22. The Morgan fingerprint density at radius 2 is 1.88 bits per heavy atom. The minimum atomic E-state index is -3.79. The summed E-state index contributed by atoms with van der Waals surface area (Å²) in [7, 11) is -3.79. The molecular weight excluding hydrogens is 355 g/mol. The van der Waals surface area contributed by atoms with Crippen molar-refractivity contribution >= 4 is 20.9 Å². The van der Waals surface area contributed by atoms with Crippen LogP contribution in [-0.4, -0.2) is 26.6 Å². The Balaban J connectivity index is 1.56. The first-order valence-electron chi connectivity index (χ1n) is 7.74. The van der Waals surface area contributed by atoms with Gasteiger partial charge in [0.2, 0.25) is 10.0 Å². The van der Waals surface area contributed by atoms with Crippen molar-refractivity contribution in [2.24, 2.45) is 0 Å². The summed E-state index contributed by atoms with van der Waals surface area (Å²) in [4.78, 5) is 4.13.